The largest absolute Gasteiger partial charge is 0.416 e. The number of benzene rings is 8. The summed E-state index contributed by atoms with van der Waals surface area (Å²) in [5.74, 6) is -1.67. The van der Waals surface area contributed by atoms with Crippen molar-refractivity contribution in [2.45, 2.75) is 19.0 Å². The lowest BCUT2D eigenvalue weighted by Crippen LogP contribution is -2.16. The fraction of sp³-hybridized carbons (Fsp3) is 0.0566. The van der Waals surface area contributed by atoms with Crippen molar-refractivity contribution in [1.82, 2.24) is 4.57 Å². The highest BCUT2D eigenvalue weighted by atomic mass is 19.4. The van der Waals surface area contributed by atoms with Crippen LogP contribution in [0.3, 0.4) is 0 Å². The average Bonchev–Trinajstić information content (AvgIpc) is 3.73. The van der Waals surface area contributed by atoms with Gasteiger partial charge in [-0.15, -0.1) is 0 Å². The van der Waals surface area contributed by atoms with Crippen LogP contribution in [0, 0.1) is 6.92 Å². The van der Waals surface area contributed by atoms with Crippen molar-refractivity contribution in [3.63, 3.8) is 0 Å². The van der Waals surface area contributed by atoms with Crippen LogP contribution in [0.2, 0.25) is 0 Å². The minimum atomic E-state index is -4.48. The predicted octanol–water partition coefficient (Wildman–Crippen LogP) is 13.9. The number of alkyl halides is 3. The first-order valence-electron chi connectivity index (χ1n) is 19.4. The molecule has 284 valence electrons. The number of ketones is 2. The normalized spacial score (nSPS) is 14.0. The molecule has 1 aliphatic carbocycles. The van der Waals surface area contributed by atoms with Crippen LogP contribution in [0.5, 0.6) is 0 Å². The first-order valence-corrected chi connectivity index (χ1v) is 19.4. The van der Waals surface area contributed by atoms with Crippen molar-refractivity contribution in [2.24, 2.45) is 0 Å². The molecule has 0 aliphatic heterocycles. The Labute approximate surface area is 338 Å². The van der Waals surface area contributed by atoms with E-state index in [0.29, 0.717) is 39.1 Å². The number of nitrogens with zero attached hydrogens (tertiary/aromatic N) is 1. The van der Waals surface area contributed by atoms with Crippen molar-refractivity contribution in [3.05, 3.63) is 210 Å². The summed E-state index contributed by atoms with van der Waals surface area (Å²) < 4.78 is 43.6. The molecule has 1 heterocycles. The Hall–Kier alpha value is -7.31. The molecular formula is C53H34F3NO2. The molecule has 1 aliphatic rings. The molecule has 0 saturated heterocycles. The van der Waals surface area contributed by atoms with Crippen LogP contribution in [0.15, 0.2) is 182 Å². The van der Waals surface area contributed by atoms with Crippen LogP contribution in [0.25, 0.3) is 72.0 Å². The highest BCUT2D eigenvalue weighted by Crippen LogP contribution is 2.48. The Morgan fingerprint density at radius 3 is 1.68 bits per heavy atom. The number of rotatable bonds is 6. The average molecular weight is 774 g/mol. The number of fused-ring (bicyclic) bond motifs is 4. The van der Waals surface area contributed by atoms with Crippen LogP contribution >= 0.6 is 0 Å². The molecule has 0 N–H and O–H groups in total. The Morgan fingerprint density at radius 2 is 1.03 bits per heavy atom. The van der Waals surface area contributed by atoms with Gasteiger partial charge in [0.25, 0.3) is 0 Å². The van der Waals surface area contributed by atoms with Gasteiger partial charge in [-0.05, 0) is 111 Å². The van der Waals surface area contributed by atoms with Crippen LogP contribution in [0.4, 0.5) is 13.2 Å². The zero-order valence-corrected chi connectivity index (χ0v) is 31.8. The zero-order chi connectivity index (χ0) is 40.4. The summed E-state index contributed by atoms with van der Waals surface area (Å²) in [4.78, 5) is 30.4. The fourth-order valence-corrected chi connectivity index (χ4v) is 8.87. The fourth-order valence-electron chi connectivity index (χ4n) is 8.87. The van der Waals surface area contributed by atoms with Crippen molar-refractivity contribution in [3.8, 4) is 50.2 Å². The monoisotopic (exact) mass is 773 g/mol. The van der Waals surface area contributed by atoms with E-state index in [4.69, 9.17) is 0 Å². The zero-order valence-electron chi connectivity index (χ0n) is 31.8. The maximum Gasteiger partial charge on any atom is 0.416 e. The molecule has 0 amide bonds. The van der Waals surface area contributed by atoms with Gasteiger partial charge in [0.2, 0.25) is 0 Å². The van der Waals surface area contributed by atoms with Gasteiger partial charge in [-0.2, -0.15) is 13.2 Å². The minimum absolute atomic E-state index is 0.267. The van der Waals surface area contributed by atoms with Crippen LogP contribution in [-0.4, -0.2) is 16.1 Å². The van der Waals surface area contributed by atoms with E-state index in [2.05, 4.69) is 24.3 Å². The van der Waals surface area contributed by atoms with Crippen molar-refractivity contribution < 1.29 is 22.8 Å². The number of carbonyl (C=O) groups is 2. The van der Waals surface area contributed by atoms with Gasteiger partial charge in [-0.25, -0.2) is 0 Å². The number of carbonyl (C=O) groups excluding carboxylic acids is 2. The summed E-state index contributed by atoms with van der Waals surface area (Å²) >= 11 is 0. The predicted molar refractivity (Wildman–Crippen MR) is 230 cm³/mol. The molecule has 8 aromatic carbocycles. The van der Waals surface area contributed by atoms with Gasteiger partial charge in [-0.3, -0.25) is 9.59 Å². The summed E-state index contributed by atoms with van der Waals surface area (Å²) in [6, 6.07) is 57.0. The standard InChI is InChI=1S/C53H34F3NO2/c1-32-26-37(28-39(27-32)53(54,55)56)36-24-25-46-44(29-36)40-20-11-12-22-45(40)57(46)47-23-13-21-41-49(47)52(59)50(51(41)58)48-42(34-16-7-3-8-17-34)30-38(33-14-5-2-6-15-33)31-43(48)35-18-9-4-10-19-35/h2-31,50H,1H3. The highest BCUT2D eigenvalue weighted by molar-refractivity contribution is 6.32. The molecule has 3 nitrogen and oxygen atoms in total. The number of hydrogen-bond acceptors (Lipinski definition) is 2. The van der Waals surface area contributed by atoms with Gasteiger partial charge in [0, 0.05) is 16.3 Å². The van der Waals surface area contributed by atoms with E-state index < -0.39 is 17.7 Å². The summed E-state index contributed by atoms with van der Waals surface area (Å²) in [6.07, 6.45) is -4.48. The van der Waals surface area contributed by atoms with Gasteiger partial charge in [0.05, 0.1) is 27.8 Å². The first kappa shape index (κ1) is 36.1. The SMILES string of the molecule is Cc1cc(-c2ccc3c(c2)c2ccccc2n3-c2cccc3c2C(=O)C(c2c(-c4ccccc4)cc(-c4ccccc4)cc2-c2ccccc2)C3=O)cc(C(F)(F)F)c1. The maximum absolute atomic E-state index is 15.4. The molecule has 0 spiro atoms. The van der Waals surface area contributed by atoms with Gasteiger partial charge >= 0.3 is 6.18 Å². The number of aryl methyl sites for hydroxylation is 1. The molecule has 10 rings (SSSR count). The third kappa shape index (κ3) is 6.07. The second-order valence-electron chi connectivity index (χ2n) is 15.1. The molecule has 1 atom stereocenters. The van der Waals surface area contributed by atoms with E-state index in [1.54, 1.807) is 19.1 Å². The molecular weight excluding hydrogens is 740 g/mol. The van der Waals surface area contributed by atoms with Crippen molar-refractivity contribution >= 4 is 33.4 Å². The van der Waals surface area contributed by atoms with Gasteiger partial charge < -0.3 is 4.57 Å². The van der Waals surface area contributed by atoms with E-state index in [1.807, 2.05) is 138 Å². The van der Waals surface area contributed by atoms with Crippen molar-refractivity contribution in [2.75, 3.05) is 0 Å². The van der Waals surface area contributed by atoms with Crippen LogP contribution in [0.1, 0.15) is 43.3 Å². The van der Waals surface area contributed by atoms with Crippen LogP contribution < -0.4 is 0 Å². The Kier molecular flexibility index (Phi) is 8.53. The molecule has 0 fully saturated rings. The van der Waals surface area contributed by atoms with E-state index in [-0.39, 0.29) is 11.6 Å². The van der Waals surface area contributed by atoms with E-state index in [0.717, 1.165) is 61.3 Å². The lowest BCUT2D eigenvalue weighted by Gasteiger charge is -2.22. The number of Topliss-reactive ketones (excluding diaryl/α,β-unsaturated/α-hetero) is 2. The minimum Gasteiger partial charge on any atom is -0.308 e. The van der Waals surface area contributed by atoms with Gasteiger partial charge in [0.1, 0.15) is 5.92 Å². The Bertz CT molecular complexity index is 3070. The third-order valence-electron chi connectivity index (χ3n) is 11.5. The smallest absolute Gasteiger partial charge is 0.308 e. The molecule has 9 aromatic rings. The number of aromatic nitrogens is 1. The van der Waals surface area contributed by atoms with Crippen LogP contribution in [-0.2, 0) is 6.18 Å². The molecule has 1 unspecified atom stereocenters. The summed E-state index contributed by atoms with van der Waals surface area (Å²) in [5, 5.41) is 1.68. The topological polar surface area (TPSA) is 39.1 Å². The van der Waals surface area contributed by atoms with Gasteiger partial charge in [-0.1, -0.05) is 133 Å². The lowest BCUT2D eigenvalue weighted by atomic mass is 9.80. The Balaban J connectivity index is 1.18. The summed E-state index contributed by atoms with van der Waals surface area (Å²) in [6.45, 7) is 1.66. The van der Waals surface area contributed by atoms with E-state index in [1.165, 1.54) is 6.07 Å². The maximum atomic E-state index is 15.4. The summed E-state index contributed by atoms with van der Waals surface area (Å²) in [5.41, 5.74) is 9.77. The second-order valence-corrected chi connectivity index (χ2v) is 15.1. The number of para-hydroxylation sites is 1. The molecule has 59 heavy (non-hydrogen) atoms. The third-order valence-corrected chi connectivity index (χ3v) is 11.5. The molecule has 0 bridgehead atoms. The quantitative estimate of drug-likeness (QED) is 0.158. The van der Waals surface area contributed by atoms with E-state index >= 15 is 4.79 Å². The molecule has 0 radical (unpaired) electrons. The molecule has 0 saturated carbocycles. The first-order chi connectivity index (χ1) is 28.7. The number of halogens is 3. The molecule has 1 aromatic heterocycles. The van der Waals surface area contributed by atoms with Gasteiger partial charge in [0.15, 0.2) is 11.6 Å². The lowest BCUT2D eigenvalue weighted by molar-refractivity contribution is -0.137. The van der Waals surface area contributed by atoms with E-state index in [9.17, 15) is 18.0 Å². The highest BCUT2D eigenvalue weighted by Gasteiger charge is 2.44. The second kappa shape index (κ2) is 14.0. The summed E-state index contributed by atoms with van der Waals surface area (Å²) in [7, 11) is 0. The Morgan fingerprint density at radius 1 is 0.458 bits per heavy atom. The number of hydrogen-bond donors (Lipinski definition) is 0. The van der Waals surface area contributed by atoms with Crippen molar-refractivity contribution in [1.29, 1.82) is 0 Å². The molecule has 6 heteroatoms.